The van der Waals surface area contributed by atoms with Crippen molar-refractivity contribution < 1.29 is 27.8 Å². The molecule has 3 aromatic carbocycles. The first-order valence-electron chi connectivity index (χ1n) is 20.1. The number of carbonyl (C=O) groups excluding carboxylic acids is 2. The van der Waals surface area contributed by atoms with E-state index in [-0.39, 0.29) is 41.8 Å². The second-order valence-corrected chi connectivity index (χ2v) is 15.8. The number of cyclic esters (lactones) is 2. The van der Waals surface area contributed by atoms with Crippen LogP contribution in [0.3, 0.4) is 0 Å². The number of nitrogens with zero attached hydrogens (tertiary/aromatic N) is 4. The Morgan fingerprint density at radius 3 is 1.91 bits per heavy atom. The van der Waals surface area contributed by atoms with Gasteiger partial charge in [0.1, 0.15) is 24.8 Å². The van der Waals surface area contributed by atoms with Crippen LogP contribution in [-0.2, 0) is 16.0 Å². The van der Waals surface area contributed by atoms with Crippen LogP contribution in [0, 0.1) is 29.4 Å². The maximum atomic E-state index is 13.5. The van der Waals surface area contributed by atoms with Crippen molar-refractivity contribution in [3.05, 3.63) is 156 Å². The Kier molecular flexibility index (Phi) is 10.6. The Morgan fingerprint density at radius 2 is 1.26 bits per heavy atom. The van der Waals surface area contributed by atoms with Gasteiger partial charge in [0, 0.05) is 48.4 Å². The van der Waals surface area contributed by atoms with E-state index in [4.69, 9.17) is 9.47 Å². The molecule has 1 saturated carbocycles. The average Bonchev–Trinajstić information content (AvgIpc) is 3.82. The number of pyridine rings is 2. The van der Waals surface area contributed by atoms with E-state index in [0.717, 1.165) is 45.7 Å². The summed E-state index contributed by atoms with van der Waals surface area (Å²) in [4.78, 5) is 37.0. The first kappa shape index (κ1) is 37.4. The molecule has 8 nitrogen and oxygen atoms in total. The van der Waals surface area contributed by atoms with E-state index in [1.165, 1.54) is 55.5 Å². The Bertz CT molecular complexity index is 2350. The number of carbonyl (C=O) groups is 2. The van der Waals surface area contributed by atoms with Crippen molar-refractivity contribution >= 4 is 24.3 Å². The maximum Gasteiger partial charge on any atom is 0.410 e. The van der Waals surface area contributed by atoms with Crippen LogP contribution in [0.1, 0.15) is 54.1 Å². The van der Waals surface area contributed by atoms with E-state index in [2.05, 4.69) is 40.3 Å². The predicted octanol–water partition coefficient (Wildman–Crippen LogP) is 10.2. The van der Waals surface area contributed by atoms with Gasteiger partial charge in [0.2, 0.25) is 0 Å². The summed E-state index contributed by atoms with van der Waals surface area (Å²) in [7, 11) is 0. The second kappa shape index (κ2) is 16.4. The standard InChI is InChI=1S/C24H25FN2O2.C24H19FN2O2/c2*25-19-6-3-5-16(12-19)17-8-9-20(26-13-17)10-11-22-21-7-2-1-4-18(21)14-27-23(22)15-29-24(27)28/h3,5-6,8-13,18,21-23H,1-2,4,7,14-15H2;1-13,22-23H,14-15H2/b2*11-10+/t18?,21?,22?,23-;22?,23-/m11/s1. The van der Waals surface area contributed by atoms with E-state index >= 15 is 0 Å². The minimum atomic E-state index is -0.264. The zero-order valence-electron chi connectivity index (χ0n) is 32.0. The van der Waals surface area contributed by atoms with Gasteiger partial charge >= 0.3 is 12.2 Å². The lowest BCUT2D eigenvalue weighted by molar-refractivity contribution is 0.0472. The highest BCUT2D eigenvalue weighted by Gasteiger charge is 2.48. The van der Waals surface area contributed by atoms with Crippen LogP contribution in [0.25, 0.3) is 34.4 Å². The molecule has 0 bridgehead atoms. The number of fused-ring (bicyclic) bond motifs is 4. The molecule has 1 aliphatic carbocycles. The maximum absolute atomic E-state index is 13.5. The molecule has 6 atom stereocenters. The molecular weight excluding hydrogens is 735 g/mol. The molecule has 0 radical (unpaired) electrons. The lowest BCUT2D eigenvalue weighted by Gasteiger charge is -2.46. The quantitative estimate of drug-likeness (QED) is 0.171. The molecule has 6 heterocycles. The van der Waals surface area contributed by atoms with Crippen LogP contribution >= 0.6 is 0 Å². The smallest absolute Gasteiger partial charge is 0.410 e. The highest BCUT2D eigenvalue weighted by Crippen LogP contribution is 2.45. The summed E-state index contributed by atoms with van der Waals surface area (Å²) in [6.45, 7) is 2.32. The number of halogens is 2. The molecule has 4 aliphatic heterocycles. The van der Waals surface area contributed by atoms with Gasteiger partial charge in [-0.2, -0.15) is 0 Å². The first-order valence-corrected chi connectivity index (χ1v) is 20.1. The van der Waals surface area contributed by atoms with Gasteiger partial charge in [-0.15, -0.1) is 0 Å². The van der Waals surface area contributed by atoms with Gasteiger partial charge in [0.15, 0.2) is 0 Å². The summed E-state index contributed by atoms with van der Waals surface area (Å²) >= 11 is 0. The van der Waals surface area contributed by atoms with E-state index in [1.807, 2.05) is 59.5 Å². The van der Waals surface area contributed by atoms with Crippen molar-refractivity contribution in [1.82, 2.24) is 19.8 Å². The minimum Gasteiger partial charge on any atom is -0.447 e. The monoisotopic (exact) mass is 778 g/mol. The largest absolute Gasteiger partial charge is 0.447 e. The number of hydrogen-bond donors (Lipinski definition) is 0. The van der Waals surface area contributed by atoms with E-state index in [1.54, 1.807) is 29.4 Å². The Morgan fingerprint density at radius 1 is 0.638 bits per heavy atom. The molecule has 4 fully saturated rings. The number of rotatable bonds is 6. The average molecular weight is 779 g/mol. The molecule has 294 valence electrons. The fourth-order valence-corrected chi connectivity index (χ4v) is 9.44. The molecule has 2 aromatic heterocycles. The summed E-state index contributed by atoms with van der Waals surface area (Å²) in [5, 5.41) is 0. The van der Waals surface area contributed by atoms with Crippen molar-refractivity contribution in [2.75, 3.05) is 19.8 Å². The van der Waals surface area contributed by atoms with Gasteiger partial charge in [0.25, 0.3) is 0 Å². The number of piperidine rings is 1. The number of benzene rings is 3. The molecule has 58 heavy (non-hydrogen) atoms. The molecule has 2 amide bonds. The fraction of sp³-hybridized carbons (Fsp3) is 0.292. The number of aromatic nitrogens is 2. The number of ether oxygens (including phenoxy) is 2. The summed E-state index contributed by atoms with van der Waals surface area (Å²) in [6.07, 6.45) is 16.5. The van der Waals surface area contributed by atoms with Crippen LogP contribution in [0.2, 0.25) is 0 Å². The van der Waals surface area contributed by atoms with Crippen molar-refractivity contribution in [2.24, 2.45) is 17.8 Å². The summed E-state index contributed by atoms with van der Waals surface area (Å²) in [6, 6.07) is 29.2. The summed E-state index contributed by atoms with van der Waals surface area (Å²) < 4.78 is 37.6. The van der Waals surface area contributed by atoms with Crippen LogP contribution in [0.4, 0.5) is 18.4 Å². The third-order valence-electron chi connectivity index (χ3n) is 12.4. The lowest BCUT2D eigenvalue weighted by atomic mass is 9.67. The van der Waals surface area contributed by atoms with Crippen LogP contribution in [0.5, 0.6) is 0 Å². The zero-order valence-corrected chi connectivity index (χ0v) is 32.0. The highest BCUT2D eigenvalue weighted by atomic mass is 19.1. The van der Waals surface area contributed by atoms with Gasteiger partial charge in [-0.3, -0.25) is 14.9 Å². The summed E-state index contributed by atoms with van der Waals surface area (Å²) in [5.41, 5.74) is 7.43. The fourth-order valence-electron chi connectivity index (χ4n) is 9.44. The SMILES string of the molecule is O=C1OC[C@@H]2C(/C=C/c3ccc(-c4cccc(F)c4)cn3)C3CCCCC3CN12.O=C1OC[C@@H]2C(/C=C/c3ccc(-c4cccc(F)c4)cn3)c3ccccc3CN12. The van der Waals surface area contributed by atoms with Gasteiger partial charge in [0.05, 0.1) is 23.5 Å². The van der Waals surface area contributed by atoms with Gasteiger partial charge < -0.3 is 14.4 Å². The molecule has 0 N–H and O–H groups in total. The normalized spacial score (nSPS) is 24.7. The first-order chi connectivity index (χ1) is 28.4. The molecule has 0 spiro atoms. The Labute approximate surface area is 336 Å². The summed E-state index contributed by atoms with van der Waals surface area (Å²) in [5.74, 6) is 1.04. The van der Waals surface area contributed by atoms with Gasteiger partial charge in [-0.25, -0.2) is 18.4 Å². The molecule has 10 heteroatoms. The topological polar surface area (TPSA) is 84.9 Å². The van der Waals surface area contributed by atoms with Gasteiger partial charge in [-0.05, 0) is 95.5 Å². The van der Waals surface area contributed by atoms with E-state index in [0.29, 0.717) is 37.5 Å². The van der Waals surface area contributed by atoms with Crippen molar-refractivity contribution in [3.63, 3.8) is 0 Å². The highest BCUT2D eigenvalue weighted by molar-refractivity contribution is 5.72. The predicted molar refractivity (Wildman–Crippen MR) is 218 cm³/mol. The molecular formula is C48H44F2N4O4. The third-order valence-corrected chi connectivity index (χ3v) is 12.4. The Balaban J connectivity index is 0.000000150. The lowest BCUT2D eigenvalue weighted by Crippen LogP contribution is -2.52. The van der Waals surface area contributed by atoms with Crippen molar-refractivity contribution in [3.8, 4) is 22.3 Å². The van der Waals surface area contributed by atoms with Crippen LogP contribution in [-0.4, -0.2) is 63.8 Å². The number of hydrogen-bond acceptors (Lipinski definition) is 6. The third kappa shape index (κ3) is 7.75. The second-order valence-electron chi connectivity index (χ2n) is 15.8. The molecule has 10 rings (SSSR count). The Hall–Kier alpha value is -6.16. The molecule has 4 unspecified atom stereocenters. The van der Waals surface area contributed by atoms with Crippen LogP contribution < -0.4 is 0 Å². The zero-order chi connectivity index (χ0) is 39.6. The number of amides is 2. The van der Waals surface area contributed by atoms with Crippen molar-refractivity contribution in [2.45, 2.75) is 50.2 Å². The minimum absolute atomic E-state index is 0.000201. The van der Waals surface area contributed by atoms with Crippen LogP contribution in [0.15, 0.2) is 122 Å². The van der Waals surface area contributed by atoms with E-state index in [9.17, 15) is 18.4 Å². The molecule has 3 saturated heterocycles. The molecule has 5 aliphatic rings. The van der Waals surface area contributed by atoms with E-state index < -0.39 is 0 Å². The van der Waals surface area contributed by atoms with Gasteiger partial charge in [-0.1, -0.05) is 85.7 Å². The molecule has 5 aromatic rings. The van der Waals surface area contributed by atoms with Crippen molar-refractivity contribution in [1.29, 1.82) is 0 Å².